The number of ketones is 1. The van der Waals surface area contributed by atoms with Crippen molar-refractivity contribution in [1.29, 1.82) is 0 Å². The van der Waals surface area contributed by atoms with Crippen molar-refractivity contribution < 1.29 is 9.18 Å². The molecule has 0 aliphatic rings. The van der Waals surface area contributed by atoms with Gasteiger partial charge in [0.15, 0.2) is 5.78 Å². The number of aromatic nitrogens is 1. The lowest BCUT2D eigenvalue weighted by atomic mass is 10.1. The first-order valence-corrected chi connectivity index (χ1v) is 8.74. The van der Waals surface area contributed by atoms with Gasteiger partial charge in [0, 0.05) is 23.2 Å². The smallest absolute Gasteiger partial charge is 0.162 e. The molecular formula is C22H21FN2O. The lowest BCUT2D eigenvalue weighted by Crippen LogP contribution is -2.03. The summed E-state index contributed by atoms with van der Waals surface area (Å²) in [6, 6.07) is 19.6. The Balaban J connectivity index is 1.65. The third-order valence-electron chi connectivity index (χ3n) is 4.10. The number of benzene rings is 2. The number of nitrogens with one attached hydrogen (secondary N) is 1. The van der Waals surface area contributed by atoms with Crippen LogP contribution in [0.2, 0.25) is 0 Å². The van der Waals surface area contributed by atoms with E-state index in [9.17, 15) is 9.18 Å². The standard InChI is InChI=1S/C22H21FN2O/c1-2-4-22(26)17-9-13-19(14-10-17)24-15-20-5-3-6-21(25-20)16-7-11-18(23)12-8-16/h3,5-14,24H,2,4,15H2,1H3. The van der Waals surface area contributed by atoms with E-state index >= 15 is 0 Å². The first-order valence-electron chi connectivity index (χ1n) is 8.74. The minimum Gasteiger partial charge on any atom is -0.379 e. The zero-order valence-electron chi connectivity index (χ0n) is 14.7. The maximum atomic E-state index is 13.1. The molecule has 2 aromatic carbocycles. The fourth-order valence-electron chi connectivity index (χ4n) is 2.70. The molecule has 0 radical (unpaired) electrons. The van der Waals surface area contributed by atoms with E-state index < -0.39 is 0 Å². The van der Waals surface area contributed by atoms with Gasteiger partial charge in [-0.2, -0.15) is 0 Å². The van der Waals surface area contributed by atoms with Crippen LogP contribution in [-0.4, -0.2) is 10.8 Å². The van der Waals surface area contributed by atoms with Crippen LogP contribution in [-0.2, 0) is 6.54 Å². The maximum Gasteiger partial charge on any atom is 0.162 e. The molecule has 0 spiro atoms. The van der Waals surface area contributed by atoms with Crippen LogP contribution in [0, 0.1) is 5.82 Å². The molecule has 3 nitrogen and oxygen atoms in total. The summed E-state index contributed by atoms with van der Waals surface area (Å²) in [4.78, 5) is 16.5. The number of carbonyl (C=O) groups is 1. The third kappa shape index (κ3) is 4.54. The summed E-state index contributed by atoms with van der Waals surface area (Å²) < 4.78 is 13.1. The van der Waals surface area contributed by atoms with Gasteiger partial charge < -0.3 is 5.32 Å². The fraction of sp³-hybridized carbons (Fsp3) is 0.182. The predicted octanol–water partition coefficient (Wildman–Crippen LogP) is 5.48. The molecule has 0 bridgehead atoms. The van der Waals surface area contributed by atoms with Crippen molar-refractivity contribution in [3.05, 3.63) is 83.8 Å². The van der Waals surface area contributed by atoms with Gasteiger partial charge in [-0.15, -0.1) is 0 Å². The van der Waals surface area contributed by atoms with Gasteiger partial charge >= 0.3 is 0 Å². The van der Waals surface area contributed by atoms with Crippen LogP contribution in [0.5, 0.6) is 0 Å². The van der Waals surface area contributed by atoms with Crippen LogP contribution in [0.4, 0.5) is 10.1 Å². The average Bonchev–Trinajstić information content (AvgIpc) is 2.68. The Bertz CT molecular complexity index is 873. The fourth-order valence-corrected chi connectivity index (χ4v) is 2.70. The largest absolute Gasteiger partial charge is 0.379 e. The summed E-state index contributed by atoms with van der Waals surface area (Å²) in [6.45, 7) is 2.57. The molecule has 0 aliphatic carbocycles. The Kier molecular flexibility index (Phi) is 5.74. The van der Waals surface area contributed by atoms with Crippen LogP contribution in [0.1, 0.15) is 35.8 Å². The Morgan fingerprint density at radius 2 is 1.73 bits per heavy atom. The second kappa shape index (κ2) is 8.39. The van der Waals surface area contributed by atoms with Gasteiger partial charge in [-0.1, -0.05) is 13.0 Å². The number of halogens is 1. The van der Waals surface area contributed by atoms with Crippen LogP contribution in [0.25, 0.3) is 11.3 Å². The van der Waals surface area contributed by atoms with Gasteiger partial charge in [-0.05, 0) is 67.1 Å². The molecule has 1 aromatic heterocycles. The van der Waals surface area contributed by atoms with Gasteiger partial charge in [0.05, 0.1) is 17.9 Å². The lowest BCUT2D eigenvalue weighted by Gasteiger charge is -2.08. The number of carbonyl (C=O) groups excluding carboxylic acids is 1. The Morgan fingerprint density at radius 1 is 1.00 bits per heavy atom. The normalized spacial score (nSPS) is 10.5. The van der Waals surface area contributed by atoms with Gasteiger partial charge in [0.25, 0.3) is 0 Å². The number of Topliss-reactive ketones (excluding diaryl/α,β-unsaturated/α-hetero) is 1. The minimum absolute atomic E-state index is 0.174. The number of hydrogen-bond acceptors (Lipinski definition) is 3. The van der Waals surface area contributed by atoms with E-state index in [-0.39, 0.29) is 11.6 Å². The van der Waals surface area contributed by atoms with Gasteiger partial charge in [0.1, 0.15) is 5.82 Å². The summed E-state index contributed by atoms with van der Waals surface area (Å²) in [5.41, 5.74) is 4.26. The number of hydrogen-bond donors (Lipinski definition) is 1. The molecule has 0 saturated heterocycles. The number of rotatable bonds is 7. The minimum atomic E-state index is -0.257. The molecule has 1 heterocycles. The summed E-state index contributed by atoms with van der Waals surface area (Å²) >= 11 is 0. The second-order valence-electron chi connectivity index (χ2n) is 6.13. The van der Waals surface area contributed by atoms with Gasteiger partial charge in [-0.25, -0.2) is 4.39 Å². The highest BCUT2D eigenvalue weighted by Crippen LogP contribution is 2.18. The van der Waals surface area contributed by atoms with E-state index in [1.54, 1.807) is 12.1 Å². The van der Waals surface area contributed by atoms with Crippen LogP contribution < -0.4 is 5.32 Å². The van der Waals surface area contributed by atoms with Gasteiger partial charge in [0.2, 0.25) is 0 Å². The van der Waals surface area contributed by atoms with Crippen molar-refractivity contribution in [2.75, 3.05) is 5.32 Å². The highest BCUT2D eigenvalue weighted by Gasteiger charge is 2.05. The zero-order chi connectivity index (χ0) is 18.4. The SMILES string of the molecule is CCCC(=O)c1ccc(NCc2cccc(-c3ccc(F)cc3)n2)cc1. The van der Waals surface area contributed by atoms with Crippen molar-refractivity contribution in [1.82, 2.24) is 4.98 Å². The topological polar surface area (TPSA) is 42.0 Å². The molecule has 0 fully saturated rings. The molecule has 0 aliphatic heterocycles. The van der Waals surface area contributed by atoms with E-state index in [0.717, 1.165) is 34.6 Å². The highest BCUT2D eigenvalue weighted by molar-refractivity contribution is 5.96. The molecule has 4 heteroatoms. The maximum absolute atomic E-state index is 13.1. The van der Waals surface area contributed by atoms with E-state index in [4.69, 9.17) is 0 Å². The van der Waals surface area contributed by atoms with E-state index in [1.165, 1.54) is 12.1 Å². The van der Waals surface area contributed by atoms with Crippen molar-refractivity contribution in [3.8, 4) is 11.3 Å². The molecule has 0 atom stereocenters. The zero-order valence-corrected chi connectivity index (χ0v) is 14.7. The quantitative estimate of drug-likeness (QED) is 0.575. The van der Waals surface area contributed by atoms with E-state index in [1.807, 2.05) is 49.4 Å². The summed E-state index contributed by atoms with van der Waals surface area (Å²) in [5, 5.41) is 3.31. The number of nitrogens with zero attached hydrogens (tertiary/aromatic N) is 1. The molecule has 1 N–H and O–H groups in total. The highest BCUT2D eigenvalue weighted by atomic mass is 19.1. The molecular weight excluding hydrogens is 327 g/mol. The Labute approximate surface area is 152 Å². The monoisotopic (exact) mass is 348 g/mol. The van der Waals surface area contributed by atoms with Gasteiger partial charge in [-0.3, -0.25) is 9.78 Å². The van der Waals surface area contributed by atoms with Crippen LogP contribution in [0.3, 0.4) is 0 Å². The Morgan fingerprint density at radius 3 is 2.42 bits per heavy atom. The number of anilines is 1. The first kappa shape index (κ1) is 17.8. The number of pyridine rings is 1. The van der Waals surface area contributed by atoms with E-state index in [0.29, 0.717) is 13.0 Å². The lowest BCUT2D eigenvalue weighted by molar-refractivity contribution is 0.0982. The molecule has 26 heavy (non-hydrogen) atoms. The molecule has 3 rings (SSSR count). The van der Waals surface area contributed by atoms with Crippen LogP contribution >= 0.6 is 0 Å². The molecule has 132 valence electrons. The summed E-state index contributed by atoms with van der Waals surface area (Å²) in [6.07, 6.45) is 1.43. The molecule has 0 unspecified atom stereocenters. The van der Waals surface area contributed by atoms with Crippen LogP contribution in [0.15, 0.2) is 66.7 Å². The summed E-state index contributed by atoms with van der Waals surface area (Å²) in [7, 11) is 0. The van der Waals surface area contributed by atoms with Crippen molar-refractivity contribution in [3.63, 3.8) is 0 Å². The Hall–Kier alpha value is -3.01. The molecule has 3 aromatic rings. The van der Waals surface area contributed by atoms with E-state index in [2.05, 4.69) is 10.3 Å². The van der Waals surface area contributed by atoms with Crippen molar-refractivity contribution >= 4 is 11.5 Å². The summed E-state index contributed by atoms with van der Waals surface area (Å²) in [5.74, 6) is -0.0832. The third-order valence-corrected chi connectivity index (χ3v) is 4.10. The first-order chi connectivity index (χ1) is 12.7. The average molecular weight is 348 g/mol. The molecule has 0 saturated carbocycles. The van der Waals surface area contributed by atoms with Crippen molar-refractivity contribution in [2.24, 2.45) is 0 Å². The van der Waals surface area contributed by atoms with Crippen molar-refractivity contribution in [2.45, 2.75) is 26.3 Å². The second-order valence-corrected chi connectivity index (χ2v) is 6.13. The molecule has 0 amide bonds. The predicted molar refractivity (Wildman–Crippen MR) is 103 cm³/mol.